The van der Waals surface area contributed by atoms with E-state index in [9.17, 15) is 19.2 Å². The first-order valence-corrected chi connectivity index (χ1v) is 7.78. The lowest BCUT2D eigenvalue weighted by Gasteiger charge is -2.20. The number of nitrogens with zero attached hydrogens (tertiary/aromatic N) is 1. The van der Waals surface area contributed by atoms with Crippen LogP contribution in [0.1, 0.15) is 39.5 Å². The third-order valence-corrected chi connectivity index (χ3v) is 3.90. The number of amides is 3. The fraction of sp³-hybridized carbons (Fsp3) is 0.714. The third kappa shape index (κ3) is 5.32. The van der Waals surface area contributed by atoms with Gasteiger partial charge in [-0.25, -0.2) is 4.79 Å². The molecule has 22 heavy (non-hydrogen) atoms. The van der Waals surface area contributed by atoms with Crippen LogP contribution in [0, 0.1) is 5.92 Å². The number of aliphatic carboxylic acids is 1. The van der Waals surface area contributed by atoms with E-state index in [4.69, 9.17) is 5.11 Å². The van der Waals surface area contributed by atoms with E-state index in [1.54, 1.807) is 0 Å². The molecule has 1 aliphatic heterocycles. The predicted octanol–water partition coefficient (Wildman–Crippen LogP) is 0.439. The van der Waals surface area contributed by atoms with Gasteiger partial charge in [-0.05, 0) is 18.8 Å². The smallest absolute Gasteiger partial charge is 0.326 e. The molecule has 0 saturated carbocycles. The summed E-state index contributed by atoms with van der Waals surface area (Å²) in [5.41, 5.74) is 0. The summed E-state index contributed by atoms with van der Waals surface area (Å²) >= 11 is 4.14. The van der Waals surface area contributed by atoms with Crippen molar-refractivity contribution in [2.75, 3.05) is 6.54 Å². The SMILES string of the molecule is CC(C)C[C@H](NC(=O)[C@@H](S)CCN1C(=O)CCC1=O)C(=O)O. The van der Waals surface area contributed by atoms with Gasteiger partial charge in [0.2, 0.25) is 17.7 Å². The number of carboxylic acid groups (broad SMARTS) is 1. The second kappa shape index (κ2) is 8.17. The first-order chi connectivity index (χ1) is 10.2. The van der Waals surface area contributed by atoms with E-state index < -0.39 is 23.2 Å². The van der Waals surface area contributed by atoms with Gasteiger partial charge in [0.05, 0.1) is 5.25 Å². The molecule has 1 fully saturated rings. The summed E-state index contributed by atoms with van der Waals surface area (Å²) in [6.45, 7) is 3.86. The van der Waals surface area contributed by atoms with Gasteiger partial charge in [0.25, 0.3) is 0 Å². The molecule has 1 aliphatic rings. The van der Waals surface area contributed by atoms with E-state index >= 15 is 0 Å². The number of likely N-dealkylation sites (tertiary alicyclic amines) is 1. The van der Waals surface area contributed by atoms with Gasteiger partial charge >= 0.3 is 5.97 Å². The van der Waals surface area contributed by atoms with Crippen LogP contribution in [0.4, 0.5) is 0 Å². The Morgan fingerprint density at radius 3 is 2.27 bits per heavy atom. The Labute approximate surface area is 134 Å². The number of carbonyl (C=O) groups excluding carboxylic acids is 3. The van der Waals surface area contributed by atoms with Gasteiger partial charge in [-0.2, -0.15) is 12.6 Å². The average Bonchev–Trinajstić information content (AvgIpc) is 2.74. The summed E-state index contributed by atoms with van der Waals surface area (Å²) in [4.78, 5) is 47.1. The van der Waals surface area contributed by atoms with Crippen molar-refractivity contribution < 1.29 is 24.3 Å². The molecule has 1 rings (SSSR count). The lowest BCUT2D eigenvalue weighted by atomic mass is 10.0. The summed E-state index contributed by atoms with van der Waals surface area (Å²) in [5.74, 6) is -1.95. The number of thiol groups is 1. The maximum absolute atomic E-state index is 12.0. The zero-order valence-electron chi connectivity index (χ0n) is 12.7. The topological polar surface area (TPSA) is 104 Å². The Kier molecular flexibility index (Phi) is 6.86. The minimum absolute atomic E-state index is 0.125. The number of imide groups is 1. The molecule has 2 N–H and O–H groups in total. The van der Waals surface area contributed by atoms with Gasteiger partial charge in [-0.15, -0.1) is 0 Å². The van der Waals surface area contributed by atoms with Crippen LogP contribution in [0.3, 0.4) is 0 Å². The summed E-state index contributed by atoms with van der Waals surface area (Å²) in [7, 11) is 0. The first-order valence-electron chi connectivity index (χ1n) is 7.26. The minimum atomic E-state index is -1.09. The monoisotopic (exact) mass is 330 g/mol. The van der Waals surface area contributed by atoms with Crippen LogP contribution in [-0.4, -0.2) is 51.5 Å². The summed E-state index contributed by atoms with van der Waals surface area (Å²) in [6, 6.07) is -0.961. The van der Waals surface area contributed by atoms with E-state index in [0.717, 1.165) is 4.90 Å². The standard InChI is InChI=1S/C14H22N2O5S/c1-8(2)7-9(14(20)21)15-13(19)10(22)5-6-16-11(17)3-4-12(16)18/h8-10,22H,3-7H2,1-2H3,(H,15,19)(H,20,21)/t9-,10-/m0/s1. The zero-order valence-corrected chi connectivity index (χ0v) is 13.6. The molecule has 0 aromatic heterocycles. The molecule has 0 spiro atoms. The number of rotatable bonds is 8. The molecule has 0 unspecified atom stereocenters. The summed E-state index contributed by atoms with van der Waals surface area (Å²) in [6.07, 6.45) is 0.931. The van der Waals surface area contributed by atoms with Crippen molar-refractivity contribution in [3.8, 4) is 0 Å². The van der Waals surface area contributed by atoms with Crippen LogP contribution in [0.5, 0.6) is 0 Å². The highest BCUT2D eigenvalue weighted by Crippen LogP contribution is 2.14. The van der Waals surface area contributed by atoms with Crippen molar-refractivity contribution in [1.82, 2.24) is 10.2 Å². The lowest BCUT2D eigenvalue weighted by Crippen LogP contribution is -2.45. The number of hydrogen-bond acceptors (Lipinski definition) is 5. The van der Waals surface area contributed by atoms with E-state index in [2.05, 4.69) is 17.9 Å². The van der Waals surface area contributed by atoms with Crippen LogP contribution < -0.4 is 5.32 Å². The molecule has 7 nitrogen and oxygen atoms in total. The molecule has 124 valence electrons. The molecular formula is C14H22N2O5S. The maximum atomic E-state index is 12.0. The largest absolute Gasteiger partial charge is 0.480 e. The van der Waals surface area contributed by atoms with Gasteiger partial charge in [-0.3, -0.25) is 19.3 Å². The van der Waals surface area contributed by atoms with Crippen LogP contribution in [0.2, 0.25) is 0 Å². The normalized spacial score (nSPS) is 17.7. The summed E-state index contributed by atoms with van der Waals surface area (Å²) in [5, 5.41) is 10.8. The highest BCUT2D eigenvalue weighted by atomic mass is 32.1. The molecule has 2 atom stereocenters. The average molecular weight is 330 g/mol. The Balaban J connectivity index is 2.48. The molecule has 3 amide bonds. The highest BCUT2D eigenvalue weighted by molar-refractivity contribution is 7.81. The van der Waals surface area contributed by atoms with Crippen LogP contribution in [0.15, 0.2) is 0 Å². The number of carboxylic acids is 1. The quantitative estimate of drug-likeness (QED) is 0.442. The molecule has 0 aromatic carbocycles. The third-order valence-electron chi connectivity index (χ3n) is 3.41. The number of nitrogens with one attached hydrogen (secondary N) is 1. The van der Waals surface area contributed by atoms with Crippen molar-refractivity contribution in [2.24, 2.45) is 5.92 Å². The van der Waals surface area contributed by atoms with Crippen LogP contribution in [0.25, 0.3) is 0 Å². The van der Waals surface area contributed by atoms with Gasteiger partial charge in [-0.1, -0.05) is 13.8 Å². The van der Waals surface area contributed by atoms with E-state index in [1.165, 1.54) is 0 Å². The summed E-state index contributed by atoms with van der Waals surface area (Å²) < 4.78 is 0. The fourth-order valence-electron chi connectivity index (χ4n) is 2.22. The Morgan fingerprint density at radius 1 is 1.27 bits per heavy atom. The van der Waals surface area contributed by atoms with Crippen molar-refractivity contribution in [2.45, 2.75) is 50.8 Å². The van der Waals surface area contributed by atoms with Crippen molar-refractivity contribution in [3.63, 3.8) is 0 Å². The van der Waals surface area contributed by atoms with Gasteiger partial charge in [0, 0.05) is 19.4 Å². The van der Waals surface area contributed by atoms with E-state index in [1.807, 2.05) is 13.8 Å². The van der Waals surface area contributed by atoms with Gasteiger partial charge in [0.1, 0.15) is 6.04 Å². The molecule has 0 bridgehead atoms. The van der Waals surface area contributed by atoms with Gasteiger partial charge in [0.15, 0.2) is 0 Å². The number of carbonyl (C=O) groups is 4. The Bertz CT molecular complexity index is 450. The second-order valence-corrected chi connectivity index (χ2v) is 6.40. The second-order valence-electron chi connectivity index (χ2n) is 5.77. The molecule has 0 radical (unpaired) electrons. The maximum Gasteiger partial charge on any atom is 0.326 e. The number of hydrogen-bond donors (Lipinski definition) is 3. The van der Waals surface area contributed by atoms with Crippen molar-refractivity contribution in [1.29, 1.82) is 0 Å². The molecular weight excluding hydrogens is 308 g/mol. The van der Waals surface area contributed by atoms with E-state index in [-0.39, 0.29) is 43.5 Å². The predicted molar refractivity (Wildman–Crippen MR) is 82.4 cm³/mol. The fourth-order valence-corrected chi connectivity index (χ4v) is 2.41. The first kappa shape index (κ1) is 18.5. The Morgan fingerprint density at radius 2 is 1.82 bits per heavy atom. The zero-order chi connectivity index (χ0) is 16.9. The Hall–Kier alpha value is -1.57. The molecule has 8 heteroatoms. The lowest BCUT2D eigenvalue weighted by molar-refractivity contribution is -0.142. The van der Waals surface area contributed by atoms with Crippen molar-refractivity contribution in [3.05, 3.63) is 0 Å². The molecule has 0 aromatic rings. The van der Waals surface area contributed by atoms with Gasteiger partial charge < -0.3 is 10.4 Å². The minimum Gasteiger partial charge on any atom is -0.480 e. The molecule has 0 aliphatic carbocycles. The highest BCUT2D eigenvalue weighted by Gasteiger charge is 2.30. The molecule has 1 saturated heterocycles. The van der Waals surface area contributed by atoms with Crippen LogP contribution >= 0.6 is 12.6 Å². The van der Waals surface area contributed by atoms with Crippen LogP contribution in [-0.2, 0) is 19.2 Å². The van der Waals surface area contributed by atoms with E-state index in [0.29, 0.717) is 6.42 Å². The molecule has 1 heterocycles. The van der Waals surface area contributed by atoms with Crippen molar-refractivity contribution >= 4 is 36.3 Å².